The van der Waals surface area contributed by atoms with E-state index in [2.05, 4.69) is 11.8 Å². The number of hydrogen-bond acceptors (Lipinski definition) is 4. The Morgan fingerprint density at radius 2 is 2.05 bits per heavy atom. The van der Waals surface area contributed by atoms with Crippen LogP contribution in [0.3, 0.4) is 0 Å². The molecule has 1 aromatic carbocycles. The number of nitrogens with two attached hydrogens (primary N) is 1. The smallest absolute Gasteiger partial charge is 0.410 e. The van der Waals surface area contributed by atoms with Crippen molar-refractivity contribution in [3.63, 3.8) is 0 Å². The third-order valence-electron chi connectivity index (χ3n) is 3.48. The molecular weight excluding hydrogens is 266 g/mol. The molecule has 2 rings (SSSR count). The number of hydrogen-bond donors (Lipinski definition) is 1. The highest BCUT2D eigenvalue weighted by molar-refractivity contribution is 5.70. The van der Waals surface area contributed by atoms with Gasteiger partial charge in [-0.25, -0.2) is 4.79 Å². The second-order valence-electron chi connectivity index (χ2n) is 6.37. The molecule has 0 saturated carbocycles. The van der Waals surface area contributed by atoms with Gasteiger partial charge >= 0.3 is 6.09 Å². The Hall–Kier alpha value is -1.91. The molecule has 0 aliphatic carbocycles. The molecule has 0 aromatic heterocycles. The molecule has 5 heteroatoms. The van der Waals surface area contributed by atoms with Crippen molar-refractivity contribution >= 4 is 17.5 Å². The van der Waals surface area contributed by atoms with Crippen molar-refractivity contribution in [2.24, 2.45) is 0 Å². The van der Waals surface area contributed by atoms with Crippen LogP contribution >= 0.6 is 0 Å². The summed E-state index contributed by atoms with van der Waals surface area (Å²) in [7, 11) is 0. The van der Waals surface area contributed by atoms with Crippen LogP contribution in [0.4, 0.5) is 16.2 Å². The fourth-order valence-corrected chi connectivity index (χ4v) is 2.47. The van der Waals surface area contributed by atoms with Gasteiger partial charge in [0.05, 0.1) is 6.54 Å². The first kappa shape index (κ1) is 15.5. The molecule has 116 valence electrons. The van der Waals surface area contributed by atoms with Crippen LogP contribution in [0, 0.1) is 0 Å². The minimum absolute atomic E-state index is 0.261. The van der Waals surface area contributed by atoms with Crippen LogP contribution in [0.5, 0.6) is 0 Å². The summed E-state index contributed by atoms with van der Waals surface area (Å²) in [6, 6.07) is 5.86. The van der Waals surface area contributed by atoms with E-state index in [9.17, 15) is 4.79 Å². The summed E-state index contributed by atoms with van der Waals surface area (Å²) in [6.45, 7) is 10.6. The molecule has 21 heavy (non-hydrogen) atoms. The number of rotatable bonds is 1. The highest BCUT2D eigenvalue weighted by atomic mass is 16.6. The topological polar surface area (TPSA) is 58.8 Å². The highest BCUT2D eigenvalue weighted by Gasteiger charge is 2.26. The molecule has 0 atom stereocenters. The van der Waals surface area contributed by atoms with Crippen LogP contribution in [0.15, 0.2) is 18.2 Å². The molecule has 1 heterocycles. The molecule has 0 saturated heterocycles. The van der Waals surface area contributed by atoms with Crippen molar-refractivity contribution in [1.29, 1.82) is 0 Å². The standard InChI is InChI=1S/C16H25N3O2/c1-5-18-8-9-19(15(20)21-16(2,3)4)11-12-6-7-13(17)10-14(12)18/h6-7,10H,5,8-9,11,17H2,1-4H3. The average Bonchev–Trinajstić information content (AvgIpc) is 2.55. The molecule has 0 unspecified atom stereocenters. The maximum absolute atomic E-state index is 12.3. The van der Waals surface area contributed by atoms with E-state index in [1.165, 1.54) is 0 Å². The van der Waals surface area contributed by atoms with E-state index in [1.807, 2.05) is 39.0 Å². The Labute approximate surface area is 126 Å². The van der Waals surface area contributed by atoms with Crippen molar-refractivity contribution in [2.75, 3.05) is 30.3 Å². The van der Waals surface area contributed by atoms with Crippen molar-refractivity contribution in [3.05, 3.63) is 23.8 Å². The maximum Gasteiger partial charge on any atom is 0.410 e. The summed E-state index contributed by atoms with van der Waals surface area (Å²) in [5.74, 6) is 0. The van der Waals surface area contributed by atoms with Gasteiger partial charge in [0.1, 0.15) is 5.60 Å². The maximum atomic E-state index is 12.3. The number of ether oxygens (including phenoxy) is 1. The quantitative estimate of drug-likeness (QED) is 0.808. The fraction of sp³-hybridized carbons (Fsp3) is 0.562. The lowest BCUT2D eigenvalue weighted by molar-refractivity contribution is 0.0243. The van der Waals surface area contributed by atoms with Crippen molar-refractivity contribution < 1.29 is 9.53 Å². The van der Waals surface area contributed by atoms with Gasteiger partial charge in [-0.3, -0.25) is 0 Å². The van der Waals surface area contributed by atoms with E-state index in [1.54, 1.807) is 4.90 Å². The Morgan fingerprint density at radius 3 is 2.67 bits per heavy atom. The van der Waals surface area contributed by atoms with Crippen LogP contribution in [0.25, 0.3) is 0 Å². The lowest BCUT2D eigenvalue weighted by Crippen LogP contribution is -2.39. The van der Waals surface area contributed by atoms with Gasteiger partial charge in [0, 0.05) is 31.0 Å². The molecule has 2 N–H and O–H groups in total. The molecule has 1 aliphatic heterocycles. The van der Waals surface area contributed by atoms with Crippen molar-refractivity contribution in [3.8, 4) is 0 Å². The number of anilines is 2. The minimum atomic E-state index is -0.474. The summed E-state index contributed by atoms with van der Waals surface area (Å²) < 4.78 is 5.48. The van der Waals surface area contributed by atoms with Gasteiger partial charge in [-0.15, -0.1) is 0 Å². The zero-order chi connectivity index (χ0) is 15.6. The van der Waals surface area contributed by atoms with E-state index < -0.39 is 5.60 Å². The second kappa shape index (κ2) is 5.84. The monoisotopic (exact) mass is 291 g/mol. The minimum Gasteiger partial charge on any atom is -0.444 e. The average molecular weight is 291 g/mol. The molecule has 0 fully saturated rings. The normalized spacial score (nSPS) is 15.4. The highest BCUT2D eigenvalue weighted by Crippen LogP contribution is 2.28. The van der Waals surface area contributed by atoms with Crippen molar-refractivity contribution in [1.82, 2.24) is 4.90 Å². The first-order valence-electron chi connectivity index (χ1n) is 7.41. The van der Waals surface area contributed by atoms with E-state index in [-0.39, 0.29) is 6.09 Å². The molecule has 5 nitrogen and oxygen atoms in total. The molecular formula is C16H25N3O2. The van der Waals surface area contributed by atoms with Crippen molar-refractivity contribution in [2.45, 2.75) is 39.8 Å². The first-order chi connectivity index (χ1) is 9.80. The van der Waals surface area contributed by atoms with E-state index >= 15 is 0 Å². The molecule has 1 aromatic rings. The third kappa shape index (κ3) is 3.80. The zero-order valence-electron chi connectivity index (χ0n) is 13.3. The summed E-state index contributed by atoms with van der Waals surface area (Å²) in [6.07, 6.45) is -0.261. The summed E-state index contributed by atoms with van der Waals surface area (Å²) >= 11 is 0. The Morgan fingerprint density at radius 1 is 1.33 bits per heavy atom. The van der Waals surface area contributed by atoms with E-state index in [4.69, 9.17) is 10.5 Å². The number of likely N-dealkylation sites (N-methyl/N-ethyl adjacent to an activating group) is 1. The largest absolute Gasteiger partial charge is 0.444 e. The fourth-order valence-electron chi connectivity index (χ4n) is 2.47. The predicted octanol–water partition coefficient (Wildman–Crippen LogP) is 2.85. The van der Waals surface area contributed by atoms with Crippen LogP contribution in [0.2, 0.25) is 0 Å². The van der Waals surface area contributed by atoms with Gasteiger partial charge in [-0.2, -0.15) is 0 Å². The molecule has 0 radical (unpaired) electrons. The number of amides is 1. The number of fused-ring (bicyclic) bond motifs is 1. The van der Waals surface area contributed by atoms with Gasteiger partial charge < -0.3 is 20.3 Å². The number of carbonyl (C=O) groups is 1. The summed E-state index contributed by atoms with van der Waals surface area (Å²) in [4.78, 5) is 16.3. The third-order valence-corrected chi connectivity index (χ3v) is 3.48. The van der Waals surface area contributed by atoms with Crippen LogP contribution < -0.4 is 10.6 Å². The second-order valence-corrected chi connectivity index (χ2v) is 6.37. The zero-order valence-corrected chi connectivity index (χ0v) is 13.3. The number of carbonyl (C=O) groups excluding carboxylic acids is 1. The van der Waals surface area contributed by atoms with Crippen LogP contribution in [0.1, 0.15) is 33.3 Å². The lowest BCUT2D eigenvalue weighted by atomic mass is 10.1. The Bertz CT molecular complexity index is 523. The predicted molar refractivity (Wildman–Crippen MR) is 85.4 cm³/mol. The summed E-state index contributed by atoms with van der Waals surface area (Å²) in [5.41, 5.74) is 8.39. The first-order valence-corrected chi connectivity index (χ1v) is 7.41. The number of nitrogens with zero attached hydrogens (tertiary/aromatic N) is 2. The molecule has 0 spiro atoms. The Kier molecular flexibility index (Phi) is 4.30. The lowest BCUT2D eigenvalue weighted by Gasteiger charge is -2.26. The number of nitrogen functional groups attached to an aromatic ring is 1. The molecule has 0 bridgehead atoms. The van der Waals surface area contributed by atoms with Crippen LogP contribution in [-0.2, 0) is 11.3 Å². The van der Waals surface area contributed by atoms with Gasteiger partial charge in [0.2, 0.25) is 0 Å². The summed E-state index contributed by atoms with van der Waals surface area (Å²) in [5, 5.41) is 0. The number of benzene rings is 1. The molecule has 1 aliphatic rings. The van der Waals surface area contributed by atoms with Gasteiger partial charge in [0.25, 0.3) is 0 Å². The van der Waals surface area contributed by atoms with Gasteiger partial charge in [0.15, 0.2) is 0 Å². The van der Waals surface area contributed by atoms with E-state index in [0.717, 1.165) is 30.0 Å². The van der Waals surface area contributed by atoms with Gasteiger partial charge in [-0.05, 0) is 45.4 Å². The molecule has 1 amide bonds. The van der Waals surface area contributed by atoms with Crippen LogP contribution in [-0.4, -0.2) is 36.2 Å². The SMILES string of the molecule is CCN1CCN(C(=O)OC(C)(C)C)Cc2ccc(N)cc21. The van der Waals surface area contributed by atoms with Gasteiger partial charge in [-0.1, -0.05) is 6.07 Å². The Balaban J connectivity index is 2.24. The van der Waals surface area contributed by atoms with E-state index in [0.29, 0.717) is 13.1 Å².